The first-order valence-corrected chi connectivity index (χ1v) is 6.40. The van der Waals surface area contributed by atoms with Crippen LogP contribution in [0.4, 0.5) is 5.82 Å². The first-order chi connectivity index (χ1) is 9.65. The monoisotopic (exact) mass is 265 g/mol. The van der Waals surface area contributed by atoms with Gasteiger partial charge in [0.15, 0.2) is 11.6 Å². The van der Waals surface area contributed by atoms with E-state index in [0.29, 0.717) is 11.6 Å². The Bertz CT molecular complexity index is 762. The molecule has 0 amide bonds. The van der Waals surface area contributed by atoms with Gasteiger partial charge in [-0.15, -0.1) is 0 Å². The number of rotatable bonds is 2. The van der Waals surface area contributed by atoms with Crippen LogP contribution in [0.15, 0.2) is 47.1 Å². The number of nitrogens with zero attached hydrogens (tertiary/aromatic N) is 2. The lowest BCUT2D eigenvalue weighted by atomic mass is 10.0. The third-order valence-electron chi connectivity index (χ3n) is 3.18. The van der Waals surface area contributed by atoms with E-state index < -0.39 is 0 Å². The topological polar surface area (TPSA) is 64.9 Å². The lowest BCUT2D eigenvalue weighted by Crippen LogP contribution is -1.90. The molecule has 2 heterocycles. The highest BCUT2D eigenvalue weighted by Gasteiger charge is 2.17. The number of nitrogen functional groups attached to an aromatic ring is 1. The summed E-state index contributed by atoms with van der Waals surface area (Å²) in [6.45, 7) is 3.99. The van der Waals surface area contributed by atoms with Crippen molar-refractivity contribution in [1.82, 2.24) is 10.1 Å². The molecule has 4 nitrogen and oxygen atoms in total. The van der Waals surface area contributed by atoms with Crippen LogP contribution in [0.1, 0.15) is 11.3 Å². The summed E-state index contributed by atoms with van der Waals surface area (Å²) in [6, 6.07) is 12.0. The van der Waals surface area contributed by atoms with Crippen molar-refractivity contribution in [3.8, 4) is 22.5 Å². The second kappa shape index (κ2) is 4.81. The lowest BCUT2D eigenvalue weighted by molar-refractivity contribution is 0.436. The number of aryl methyl sites for hydroxylation is 2. The Kier molecular flexibility index (Phi) is 2.99. The number of pyridine rings is 1. The summed E-state index contributed by atoms with van der Waals surface area (Å²) in [6.07, 6.45) is 1.75. The average molecular weight is 265 g/mol. The van der Waals surface area contributed by atoms with Crippen molar-refractivity contribution in [2.75, 3.05) is 5.73 Å². The van der Waals surface area contributed by atoms with E-state index in [1.165, 1.54) is 5.56 Å². The molecule has 0 saturated carbocycles. The van der Waals surface area contributed by atoms with Gasteiger partial charge >= 0.3 is 0 Å². The highest BCUT2D eigenvalue weighted by Crippen LogP contribution is 2.36. The Hall–Kier alpha value is -2.62. The average Bonchev–Trinajstić information content (AvgIpc) is 2.80. The first-order valence-electron chi connectivity index (χ1n) is 6.40. The molecule has 0 aliphatic rings. The molecule has 1 aromatic carbocycles. The van der Waals surface area contributed by atoms with Gasteiger partial charge in [0.2, 0.25) is 0 Å². The molecule has 20 heavy (non-hydrogen) atoms. The largest absolute Gasteiger partial charge is 0.380 e. The number of anilines is 1. The molecule has 2 N–H and O–H groups in total. The molecule has 0 unspecified atom stereocenters. The number of hydrogen-bond acceptors (Lipinski definition) is 4. The molecule has 3 aromatic rings. The van der Waals surface area contributed by atoms with E-state index in [4.69, 9.17) is 10.3 Å². The Morgan fingerprint density at radius 3 is 2.65 bits per heavy atom. The standard InChI is InChI=1S/C16H15N3O/c1-10-4-3-5-12(8-10)14-15(20-19-16(14)17)13-6-7-18-11(2)9-13/h3-9H,1-2H3,(H2,17,19). The number of nitrogens with two attached hydrogens (primary N) is 1. The second-order valence-electron chi connectivity index (χ2n) is 4.83. The van der Waals surface area contributed by atoms with E-state index in [-0.39, 0.29) is 0 Å². The smallest absolute Gasteiger partial charge is 0.177 e. The molecule has 0 aliphatic heterocycles. The van der Waals surface area contributed by atoms with E-state index in [1.807, 2.05) is 44.2 Å². The minimum Gasteiger partial charge on any atom is -0.380 e. The Morgan fingerprint density at radius 2 is 1.90 bits per heavy atom. The van der Waals surface area contributed by atoms with E-state index in [2.05, 4.69) is 16.2 Å². The van der Waals surface area contributed by atoms with Crippen molar-refractivity contribution >= 4 is 5.82 Å². The van der Waals surface area contributed by atoms with Gasteiger partial charge < -0.3 is 10.3 Å². The third-order valence-corrected chi connectivity index (χ3v) is 3.18. The van der Waals surface area contributed by atoms with Gasteiger partial charge in [0, 0.05) is 17.5 Å². The summed E-state index contributed by atoms with van der Waals surface area (Å²) in [5.74, 6) is 1.08. The maximum Gasteiger partial charge on any atom is 0.177 e. The molecule has 100 valence electrons. The van der Waals surface area contributed by atoms with Gasteiger partial charge in [-0.25, -0.2) is 0 Å². The van der Waals surface area contributed by atoms with Gasteiger partial charge in [0.1, 0.15) is 0 Å². The van der Waals surface area contributed by atoms with Gasteiger partial charge in [-0.2, -0.15) is 0 Å². The highest BCUT2D eigenvalue weighted by molar-refractivity contribution is 5.86. The van der Waals surface area contributed by atoms with Crippen LogP contribution >= 0.6 is 0 Å². The molecule has 0 saturated heterocycles. The van der Waals surface area contributed by atoms with Gasteiger partial charge in [-0.05, 0) is 31.5 Å². The van der Waals surface area contributed by atoms with Crippen molar-refractivity contribution in [3.63, 3.8) is 0 Å². The van der Waals surface area contributed by atoms with Crippen LogP contribution < -0.4 is 5.73 Å². The van der Waals surface area contributed by atoms with E-state index >= 15 is 0 Å². The fourth-order valence-electron chi connectivity index (χ4n) is 2.27. The minimum absolute atomic E-state index is 0.403. The number of aromatic nitrogens is 2. The Balaban J connectivity index is 2.20. The minimum atomic E-state index is 0.403. The molecule has 0 atom stereocenters. The zero-order valence-electron chi connectivity index (χ0n) is 11.4. The van der Waals surface area contributed by atoms with Crippen LogP contribution in [0.2, 0.25) is 0 Å². The fourth-order valence-corrected chi connectivity index (χ4v) is 2.27. The molecule has 3 rings (SSSR count). The van der Waals surface area contributed by atoms with Crippen LogP contribution in [0, 0.1) is 13.8 Å². The molecule has 0 bridgehead atoms. The van der Waals surface area contributed by atoms with E-state index in [1.54, 1.807) is 6.20 Å². The Labute approximate surface area is 117 Å². The summed E-state index contributed by atoms with van der Waals surface area (Å²) in [5, 5.41) is 3.91. The molecular formula is C16H15N3O. The zero-order valence-corrected chi connectivity index (χ0v) is 11.4. The third kappa shape index (κ3) is 2.16. The maximum absolute atomic E-state index is 5.98. The summed E-state index contributed by atoms with van der Waals surface area (Å²) >= 11 is 0. The summed E-state index contributed by atoms with van der Waals surface area (Å²) in [7, 11) is 0. The molecule has 0 aliphatic carbocycles. The molecule has 2 aromatic heterocycles. The van der Waals surface area contributed by atoms with Gasteiger partial charge in [-0.3, -0.25) is 4.98 Å². The van der Waals surface area contributed by atoms with Crippen LogP contribution in [0.3, 0.4) is 0 Å². The van der Waals surface area contributed by atoms with Crippen molar-refractivity contribution in [1.29, 1.82) is 0 Å². The van der Waals surface area contributed by atoms with Crippen molar-refractivity contribution < 1.29 is 4.52 Å². The lowest BCUT2D eigenvalue weighted by Gasteiger charge is -2.04. The van der Waals surface area contributed by atoms with Crippen LogP contribution in [0.25, 0.3) is 22.5 Å². The predicted octanol–water partition coefficient (Wildman–Crippen LogP) is 3.60. The molecule has 4 heteroatoms. The van der Waals surface area contributed by atoms with Crippen molar-refractivity contribution in [3.05, 3.63) is 53.9 Å². The molecular weight excluding hydrogens is 250 g/mol. The molecule has 0 fully saturated rings. The SMILES string of the molecule is Cc1cccc(-c2c(N)noc2-c2ccnc(C)c2)c1. The van der Waals surface area contributed by atoms with Crippen molar-refractivity contribution in [2.24, 2.45) is 0 Å². The fraction of sp³-hybridized carbons (Fsp3) is 0.125. The number of benzene rings is 1. The van der Waals surface area contributed by atoms with Crippen LogP contribution in [-0.2, 0) is 0 Å². The summed E-state index contributed by atoms with van der Waals surface area (Å²) < 4.78 is 5.43. The normalized spacial score (nSPS) is 10.7. The van der Waals surface area contributed by atoms with E-state index in [9.17, 15) is 0 Å². The van der Waals surface area contributed by atoms with Crippen molar-refractivity contribution in [2.45, 2.75) is 13.8 Å². The maximum atomic E-state index is 5.98. The van der Waals surface area contributed by atoms with Gasteiger partial charge in [0.05, 0.1) is 5.56 Å². The molecule has 0 spiro atoms. The Morgan fingerprint density at radius 1 is 1.05 bits per heavy atom. The number of hydrogen-bond donors (Lipinski definition) is 1. The first kappa shape index (κ1) is 12.4. The summed E-state index contributed by atoms with van der Waals surface area (Å²) in [4.78, 5) is 4.20. The van der Waals surface area contributed by atoms with E-state index in [0.717, 1.165) is 22.4 Å². The quantitative estimate of drug-likeness (QED) is 0.768. The second-order valence-corrected chi connectivity index (χ2v) is 4.83. The summed E-state index contributed by atoms with van der Waals surface area (Å²) in [5.41, 5.74) is 10.8. The zero-order chi connectivity index (χ0) is 14.1. The predicted molar refractivity (Wildman–Crippen MR) is 79.1 cm³/mol. The van der Waals surface area contributed by atoms with Gasteiger partial charge in [-0.1, -0.05) is 35.0 Å². The van der Waals surface area contributed by atoms with Crippen LogP contribution in [0.5, 0.6) is 0 Å². The highest BCUT2D eigenvalue weighted by atomic mass is 16.5. The van der Waals surface area contributed by atoms with Gasteiger partial charge in [0.25, 0.3) is 0 Å². The van der Waals surface area contributed by atoms with Crippen LogP contribution in [-0.4, -0.2) is 10.1 Å². The molecule has 0 radical (unpaired) electrons.